The predicted molar refractivity (Wildman–Crippen MR) is 91.5 cm³/mol. The summed E-state index contributed by atoms with van der Waals surface area (Å²) in [5.41, 5.74) is -2.00. The normalized spacial score (nSPS) is 18.0. The molecule has 2 aromatic rings. The lowest BCUT2D eigenvalue weighted by Crippen LogP contribution is -2.35. The summed E-state index contributed by atoms with van der Waals surface area (Å²) in [6, 6.07) is 5.41. The van der Waals surface area contributed by atoms with Gasteiger partial charge in [0.05, 0.1) is 18.0 Å². The lowest BCUT2D eigenvalue weighted by atomic mass is 10.1. The molecule has 0 aliphatic carbocycles. The molecule has 1 N–H and O–H groups in total. The molecule has 2 heterocycles. The molecule has 28 heavy (non-hydrogen) atoms. The van der Waals surface area contributed by atoms with Gasteiger partial charge in [-0.2, -0.15) is 18.3 Å². The summed E-state index contributed by atoms with van der Waals surface area (Å²) in [5, 5.41) is 12.5. The van der Waals surface area contributed by atoms with E-state index in [0.717, 1.165) is 0 Å². The zero-order chi connectivity index (χ0) is 20.5. The fourth-order valence-corrected chi connectivity index (χ4v) is 3.08. The molecule has 10 heteroatoms. The molecule has 0 saturated carbocycles. The fourth-order valence-electron chi connectivity index (χ4n) is 3.08. The lowest BCUT2D eigenvalue weighted by molar-refractivity contribution is -0.143. The van der Waals surface area contributed by atoms with Gasteiger partial charge >= 0.3 is 12.1 Å². The Kier molecular flexibility index (Phi) is 5.41. The number of hydrogen-bond donors (Lipinski definition) is 1. The molecule has 0 bridgehead atoms. The first kappa shape index (κ1) is 19.9. The van der Waals surface area contributed by atoms with E-state index in [1.807, 2.05) is 6.92 Å². The van der Waals surface area contributed by atoms with Gasteiger partial charge in [0.15, 0.2) is 5.69 Å². The molecule has 0 radical (unpaired) electrons. The van der Waals surface area contributed by atoms with E-state index in [1.54, 1.807) is 4.90 Å². The number of nitrogens with zero attached hydrogens (tertiary/aromatic N) is 3. The molecule has 3 rings (SSSR count). The number of aromatic nitrogens is 2. The minimum atomic E-state index is -4.90. The Labute approximate surface area is 158 Å². The van der Waals surface area contributed by atoms with Gasteiger partial charge in [0.1, 0.15) is 5.56 Å². The average Bonchev–Trinajstić information content (AvgIpc) is 2.99. The summed E-state index contributed by atoms with van der Waals surface area (Å²) in [6.07, 6.45) is -3.64. The number of carboxylic acids is 1. The van der Waals surface area contributed by atoms with Crippen molar-refractivity contribution in [3.8, 4) is 5.69 Å². The van der Waals surface area contributed by atoms with Gasteiger partial charge in [0, 0.05) is 25.3 Å². The molecular formula is C18H18F3N3O4. The van der Waals surface area contributed by atoms with Crippen molar-refractivity contribution < 1.29 is 32.6 Å². The van der Waals surface area contributed by atoms with Crippen LogP contribution >= 0.6 is 0 Å². The molecule has 1 aliphatic heterocycles. The van der Waals surface area contributed by atoms with Gasteiger partial charge in [-0.15, -0.1) is 0 Å². The smallest absolute Gasteiger partial charge is 0.434 e. The van der Waals surface area contributed by atoms with Crippen LogP contribution in [0, 0.1) is 0 Å². The highest BCUT2D eigenvalue weighted by Crippen LogP contribution is 2.33. The molecule has 1 aromatic heterocycles. The van der Waals surface area contributed by atoms with Crippen LogP contribution in [-0.2, 0) is 10.9 Å². The van der Waals surface area contributed by atoms with Crippen LogP contribution in [0.15, 0.2) is 30.5 Å². The van der Waals surface area contributed by atoms with Gasteiger partial charge in [0.2, 0.25) is 0 Å². The van der Waals surface area contributed by atoms with Crippen LogP contribution in [0.3, 0.4) is 0 Å². The van der Waals surface area contributed by atoms with Crippen LogP contribution < -0.4 is 0 Å². The van der Waals surface area contributed by atoms with Gasteiger partial charge < -0.3 is 14.7 Å². The number of alkyl halides is 3. The van der Waals surface area contributed by atoms with E-state index in [-0.39, 0.29) is 17.7 Å². The molecule has 1 amide bonds. The van der Waals surface area contributed by atoms with Crippen molar-refractivity contribution in [1.82, 2.24) is 14.7 Å². The minimum absolute atomic E-state index is 0.00365. The van der Waals surface area contributed by atoms with Gasteiger partial charge in [0.25, 0.3) is 5.91 Å². The number of amides is 1. The second-order valence-electron chi connectivity index (χ2n) is 6.45. The fraction of sp³-hybridized carbons (Fsp3) is 0.389. The largest absolute Gasteiger partial charge is 0.478 e. The maximum atomic E-state index is 13.3. The standard InChI is InChI=1S/C18H18F3N3O4/c1-11-10-23(7-2-8-28-11)16(25)12-3-5-13(6-4-12)24-15(18(19,20)21)14(9-22-24)17(26)27/h3-6,9,11H,2,7-8,10H2,1H3,(H,26,27). The molecule has 1 saturated heterocycles. The van der Waals surface area contributed by atoms with Crippen molar-refractivity contribution in [3.05, 3.63) is 47.3 Å². The predicted octanol–water partition coefficient (Wildman–Crippen LogP) is 2.84. The Bertz CT molecular complexity index is 877. The Morgan fingerprint density at radius 1 is 1.25 bits per heavy atom. The molecule has 0 spiro atoms. The van der Waals surface area contributed by atoms with E-state index in [9.17, 15) is 22.8 Å². The summed E-state index contributed by atoms with van der Waals surface area (Å²) in [5.74, 6) is -1.96. The van der Waals surface area contributed by atoms with Crippen LogP contribution in [0.5, 0.6) is 0 Å². The number of benzene rings is 1. The third-order valence-electron chi connectivity index (χ3n) is 4.37. The van der Waals surface area contributed by atoms with Crippen LogP contribution in [0.25, 0.3) is 5.69 Å². The number of carbonyl (C=O) groups excluding carboxylic acids is 1. The first-order valence-corrected chi connectivity index (χ1v) is 8.58. The Morgan fingerprint density at radius 3 is 2.54 bits per heavy atom. The number of carboxylic acid groups (broad SMARTS) is 1. The quantitative estimate of drug-likeness (QED) is 0.861. The van der Waals surface area contributed by atoms with Gasteiger partial charge in [-0.25, -0.2) is 9.48 Å². The minimum Gasteiger partial charge on any atom is -0.478 e. The van der Waals surface area contributed by atoms with Crippen molar-refractivity contribution in [2.75, 3.05) is 19.7 Å². The molecule has 150 valence electrons. The van der Waals surface area contributed by atoms with Gasteiger partial charge in [-0.1, -0.05) is 0 Å². The number of aromatic carboxylic acids is 1. The summed E-state index contributed by atoms with van der Waals surface area (Å²) in [6.45, 7) is 3.39. The molecule has 7 nitrogen and oxygen atoms in total. The molecule has 1 fully saturated rings. The van der Waals surface area contributed by atoms with Crippen molar-refractivity contribution >= 4 is 11.9 Å². The highest BCUT2D eigenvalue weighted by Gasteiger charge is 2.40. The van der Waals surface area contributed by atoms with Crippen molar-refractivity contribution in [2.24, 2.45) is 0 Å². The van der Waals surface area contributed by atoms with Crippen molar-refractivity contribution in [1.29, 1.82) is 0 Å². The SMILES string of the molecule is CC1CN(C(=O)c2ccc(-n3ncc(C(=O)O)c3C(F)(F)F)cc2)CCCO1. The second kappa shape index (κ2) is 7.63. The Hall–Kier alpha value is -2.88. The van der Waals surface area contributed by atoms with Crippen molar-refractivity contribution in [3.63, 3.8) is 0 Å². The summed E-state index contributed by atoms with van der Waals surface area (Å²) < 4.78 is 46.0. The van der Waals surface area contributed by atoms with E-state index in [0.29, 0.717) is 42.6 Å². The van der Waals surface area contributed by atoms with E-state index in [1.165, 1.54) is 24.3 Å². The highest BCUT2D eigenvalue weighted by atomic mass is 19.4. The molecule has 1 aromatic carbocycles. The maximum Gasteiger partial charge on any atom is 0.434 e. The third kappa shape index (κ3) is 4.01. The average molecular weight is 397 g/mol. The monoisotopic (exact) mass is 397 g/mol. The lowest BCUT2D eigenvalue weighted by Gasteiger charge is -2.22. The summed E-state index contributed by atoms with van der Waals surface area (Å²) >= 11 is 0. The van der Waals surface area contributed by atoms with Crippen LogP contribution in [0.4, 0.5) is 13.2 Å². The number of hydrogen-bond acceptors (Lipinski definition) is 4. The molecular weight excluding hydrogens is 379 g/mol. The number of carbonyl (C=O) groups is 2. The summed E-state index contributed by atoms with van der Waals surface area (Å²) in [7, 11) is 0. The number of halogens is 3. The van der Waals surface area contributed by atoms with Crippen LogP contribution in [0.1, 0.15) is 39.8 Å². The molecule has 1 atom stereocenters. The summed E-state index contributed by atoms with van der Waals surface area (Å²) in [4.78, 5) is 25.4. The Morgan fingerprint density at radius 2 is 1.93 bits per heavy atom. The third-order valence-corrected chi connectivity index (χ3v) is 4.37. The highest BCUT2D eigenvalue weighted by molar-refractivity contribution is 5.94. The van der Waals surface area contributed by atoms with E-state index < -0.39 is 23.4 Å². The molecule has 1 aliphatic rings. The van der Waals surface area contributed by atoms with Crippen molar-refractivity contribution in [2.45, 2.75) is 25.6 Å². The second-order valence-corrected chi connectivity index (χ2v) is 6.45. The zero-order valence-corrected chi connectivity index (χ0v) is 14.9. The zero-order valence-electron chi connectivity index (χ0n) is 14.9. The first-order valence-electron chi connectivity index (χ1n) is 8.58. The first-order chi connectivity index (χ1) is 13.2. The molecule has 1 unspecified atom stereocenters. The Balaban J connectivity index is 1.89. The topological polar surface area (TPSA) is 84.7 Å². The van der Waals surface area contributed by atoms with E-state index in [2.05, 4.69) is 5.10 Å². The van der Waals surface area contributed by atoms with Gasteiger partial charge in [-0.3, -0.25) is 4.79 Å². The van der Waals surface area contributed by atoms with Gasteiger partial charge in [-0.05, 0) is 37.6 Å². The maximum absolute atomic E-state index is 13.3. The number of ether oxygens (including phenoxy) is 1. The number of rotatable bonds is 3. The van der Waals surface area contributed by atoms with Crippen LogP contribution in [-0.4, -0.2) is 57.5 Å². The van der Waals surface area contributed by atoms with Crippen LogP contribution in [0.2, 0.25) is 0 Å². The van der Waals surface area contributed by atoms with E-state index in [4.69, 9.17) is 9.84 Å². The van der Waals surface area contributed by atoms with E-state index >= 15 is 0 Å².